The van der Waals surface area contributed by atoms with E-state index in [1.807, 2.05) is 6.92 Å². The predicted molar refractivity (Wildman–Crippen MR) is 156 cm³/mol. The summed E-state index contributed by atoms with van der Waals surface area (Å²) in [5, 5.41) is 34.3. The number of carbonyl (C=O) groups excluding carboxylic acids is 2. The zero-order chi connectivity index (χ0) is 29.3. The Morgan fingerprint density at radius 2 is 1.60 bits per heavy atom. The molecule has 6 heteroatoms. The van der Waals surface area contributed by atoms with Crippen LogP contribution in [0.15, 0.2) is 23.3 Å². The van der Waals surface area contributed by atoms with Crippen molar-refractivity contribution in [3.05, 3.63) is 23.3 Å². The lowest BCUT2D eigenvalue weighted by Gasteiger charge is -2.49. The van der Waals surface area contributed by atoms with Gasteiger partial charge in [-0.2, -0.15) is 0 Å². The van der Waals surface area contributed by atoms with Gasteiger partial charge in [0.05, 0.1) is 12.0 Å². The Morgan fingerprint density at radius 3 is 2.17 bits per heavy atom. The van der Waals surface area contributed by atoms with Gasteiger partial charge in [0.2, 0.25) is 0 Å². The zero-order valence-corrected chi connectivity index (χ0v) is 25.6. The summed E-state index contributed by atoms with van der Waals surface area (Å²) >= 11 is 0. The van der Waals surface area contributed by atoms with E-state index in [0.717, 1.165) is 19.3 Å². The number of ether oxygens (including phenoxy) is 1. The molecule has 8 unspecified atom stereocenters. The molecule has 0 saturated heterocycles. The second kappa shape index (κ2) is 12.4. The molecule has 2 bridgehead atoms. The van der Waals surface area contributed by atoms with Gasteiger partial charge in [0.25, 0.3) is 0 Å². The number of aliphatic hydroxyl groups excluding tert-OH is 2. The van der Waals surface area contributed by atoms with Crippen molar-refractivity contribution in [3.63, 3.8) is 0 Å². The molecule has 0 heterocycles. The maximum Gasteiger partial charge on any atom is 0.306 e. The molecule has 40 heavy (non-hydrogen) atoms. The van der Waals surface area contributed by atoms with Crippen LogP contribution in [-0.4, -0.2) is 51.5 Å². The third-order valence-electron chi connectivity index (χ3n) is 11.1. The Kier molecular flexibility index (Phi) is 9.74. The number of hydrogen-bond acceptors (Lipinski definition) is 6. The van der Waals surface area contributed by atoms with Crippen LogP contribution >= 0.6 is 0 Å². The molecular formula is C34H54O6. The van der Waals surface area contributed by atoms with Crippen LogP contribution in [-0.2, 0) is 14.3 Å². The van der Waals surface area contributed by atoms with E-state index in [2.05, 4.69) is 20.8 Å². The van der Waals surface area contributed by atoms with E-state index in [1.165, 1.54) is 51.4 Å². The first-order chi connectivity index (χ1) is 19.0. The minimum atomic E-state index is -2.05. The van der Waals surface area contributed by atoms with Crippen molar-refractivity contribution in [2.75, 3.05) is 6.61 Å². The molecule has 0 radical (unpaired) electrons. The fourth-order valence-electron chi connectivity index (χ4n) is 8.70. The lowest BCUT2D eigenvalue weighted by atomic mass is 9.59. The van der Waals surface area contributed by atoms with Crippen LogP contribution in [0.1, 0.15) is 118 Å². The summed E-state index contributed by atoms with van der Waals surface area (Å²) in [5.74, 6) is -0.905. The normalized spacial score (nSPS) is 37.5. The number of Topliss-reactive ketones (excluding diaryl/α,β-unsaturated/α-hetero) is 1. The van der Waals surface area contributed by atoms with E-state index < -0.39 is 41.7 Å². The van der Waals surface area contributed by atoms with Crippen molar-refractivity contribution in [1.82, 2.24) is 0 Å². The first-order valence-corrected chi connectivity index (χ1v) is 16.1. The monoisotopic (exact) mass is 558 g/mol. The Balaban J connectivity index is 1.43. The molecule has 4 rings (SSSR count). The fourth-order valence-corrected chi connectivity index (χ4v) is 8.70. The molecule has 3 N–H and O–H groups in total. The summed E-state index contributed by atoms with van der Waals surface area (Å²) in [5.41, 5.74) is -2.61. The van der Waals surface area contributed by atoms with Gasteiger partial charge in [-0.25, -0.2) is 0 Å². The summed E-state index contributed by atoms with van der Waals surface area (Å²) in [7, 11) is 0. The molecule has 0 aromatic rings. The van der Waals surface area contributed by atoms with Crippen LogP contribution in [0.2, 0.25) is 0 Å². The van der Waals surface area contributed by atoms with Crippen molar-refractivity contribution in [1.29, 1.82) is 0 Å². The highest BCUT2D eigenvalue weighted by Crippen LogP contribution is 2.71. The van der Waals surface area contributed by atoms with Crippen molar-refractivity contribution in [3.8, 4) is 0 Å². The van der Waals surface area contributed by atoms with E-state index in [4.69, 9.17) is 4.74 Å². The Morgan fingerprint density at radius 1 is 1.02 bits per heavy atom. The summed E-state index contributed by atoms with van der Waals surface area (Å²) in [4.78, 5) is 27.5. The molecule has 0 amide bonds. The maximum absolute atomic E-state index is 14.4. The molecule has 0 aliphatic heterocycles. The first kappa shape index (κ1) is 31.4. The Bertz CT molecular complexity index is 996. The molecular weight excluding hydrogens is 504 g/mol. The van der Waals surface area contributed by atoms with Crippen LogP contribution in [0, 0.1) is 34.5 Å². The topological polar surface area (TPSA) is 104 Å². The van der Waals surface area contributed by atoms with E-state index >= 15 is 0 Å². The molecule has 4 aliphatic rings. The second-order valence-electron chi connectivity index (χ2n) is 14.0. The highest BCUT2D eigenvalue weighted by molar-refractivity contribution is 5.95. The van der Waals surface area contributed by atoms with Crippen LogP contribution < -0.4 is 0 Å². The van der Waals surface area contributed by atoms with Crippen LogP contribution in [0.5, 0.6) is 0 Å². The summed E-state index contributed by atoms with van der Waals surface area (Å²) in [6.45, 7) is 9.85. The van der Waals surface area contributed by atoms with Gasteiger partial charge < -0.3 is 20.1 Å². The van der Waals surface area contributed by atoms with Gasteiger partial charge in [-0.3, -0.25) is 9.59 Å². The van der Waals surface area contributed by atoms with Gasteiger partial charge in [0.15, 0.2) is 17.5 Å². The number of carbonyl (C=O) groups is 2. The molecule has 2 saturated carbocycles. The van der Waals surface area contributed by atoms with Gasteiger partial charge >= 0.3 is 5.97 Å². The average molecular weight is 559 g/mol. The molecule has 6 nitrogen and oxygen atoms in total. The first-order valence-electron chi connectivity index (χ1n) is 16.1. The van der Waals surface area contributed by atoms with E-state index in [9.17, 15) is 24.9 Å². The number of esters is 1. The molecule has 0 aromatic heterocycles. The predicted octanol–water partition coefficient (Wildman–Crippen LogP) is 6.07. The van der Waals surface area contributed by atoms with Gasteiger partial charge in [0.1, 0.15) is 6.10 Å². The number of unbranched alkanes of at least 4 members (excludes halogenated alkanes) is 10. The maximum atomic E-state index is 14.4. The number of ketones is 1. The molecule has 0 aromatic carbocycles. The number of aliphatic hydroxyl groups is 3. The van der Waals surface area contributed by atoms with Gasteiger partial charge in [-0.15, -0.1) is 0 Å². The van der Waals surface area contributed by atoms with Crippen molar-refractivity contribution < 1.29 is 29.6 Å². The Hall–Kier alpha value is -1.50. The largest absolute Gasteiger partial charge is 0.454 e. The zero-order valence-electron chi connectivity index (χ0n) is 25.6. The Labute approximate surface area is 241 Å². The molecule has 8 atom stereocenters. The van der Waals surface area contributed by atoms with Crippen LogP contribution in [0.3, 0.4) is 0 Å². The van der Waals surface area contributed by atoms with Crippen molar-refractivity contribution in [2.45, 2.75) is 136 Å². The average Bonchev–Trinajstić information content (AvgIpc) is 3.42. The quantitative estimate of drug-likeness (QED) is 0.136. The smallest absolute Gasteiger partial charge is 0.306 e. The van der Waals surface area contributed by atoms with E-state index in [1.54, 1.807) is 19.1 Å². The minimum Gasteiger partial charge on any atom is -0.454 e. The molecule has 4 aliphatic carbocycles. The lowest BCUT2D eigenvalue weighted by Crippen LogP contribution is -2.66. The number of allylic oxidation sites excluding steroid dienone is 1. The van der Waals surface area contributed by atoms with Gasteiger partial charge in [-0.1, -0.05) is 104 Å². The molecule has 1 spiro atoms. The number of fused-ring (bicyclic) bond motifs is 3. The second-order valence-corrected chi connectivity index (χ2v) is 14.0. The third-order valence-corrected chi connectivity index (χ3v) is 11.1. The third kappa shape index (κ3) is 5.26. The summed E-state index contributed by atoms with van der Waals surface area (Å²) in [6, 6.07) is 0. The highest BCUT2D eigenvalue weighted by atomic mass is 16.6. The van der Waals surface area contributed by atoms with Crippen molar-refractivity contribution >= 4 is 11.8 Å². The van der Waals surface area contributed by atoms with E-state index in [-0.39, 0.29) is 29.5 Å². The SMILES string of the molecule is CCCCCCCCCCCCCC(=O)OC1C(CO)=CC2C(=O)C3(C=C(C)C(O)C13O)C(C)CC1C2C1(C)C. The van der Waals surface area contributed by atoms with Crippen molar-refractivity contribution in [2.24, 2.45) is 34.5 Å². The van der Waals surface area contributed by atoms with E-state index in [0.29, 0.717) is 23.5 Å². The van der Waals surface area contributed by atoms with Gasteiger partial charge in [-0.05, 0) is 54.1 Å². The standard InChI is InChI=1S/C34H54O6/c1-6-7-8-9-10-11-12-13-14-15-16-17-27(36)40-31-24(21-35)19-25-28-26(32(28,4)5)18-23(3)33(30(25)38)20-22(2)29(37)34(31,33)39/h19-20,23,25-26,28-29,31,35,37,39H,6-18,21H2,1-5H3. The highest BCUT2D eigenvalue weighted by Gasteiger charge is 2.76. The van der Waals surface area contributed by atoms with Crippen LogP contribution in [0.25, 0.3) is 0 Å². The minimum absolute atomic E-state index is 0.0209. The molecule has 2 fully saturated rings. The van der Waals surface area contributed by atoms with Gasteiger partial charge in [0, 0.05) is 12.3 Å². The molecule has 226 valence electrons. The summed E-state index contributed by atoms with van der Waals surface area (Å²) in [6.07, 6.45) is 14.8. The van der Waals surface area contributed by atoms with Crippen LogP contribution in [0.4, 0.5) is 0 Å². The lowest BCUT2D eigenvalue weighted by molar-refractivity contribution is -0.204. The fraction of sp³-hybridized carbons (Fsp3) is 0.824. The number of hydrogen-bond donors (Lipinski definition) is 3. The summed E-state index contributed by atoms with van der Waals surface area (Å²) < 4.78 is 5.98. The number of rotatable bonds is 14.